The minimum atomic E-state index is -0.0208. The SMILES string of the molecule is CCCC[C@H](COC)N[C@H]1CCCN(c2nccn(C)c2=O)C1. The number of ether oxygens (including phenoxy) is 1. The Morgan fingerprint density at radius 1 is 1.52 bits per heavy atom. The van der Waals surface area contributed by atoms with Crippen molar-refractivity contribution < 1.29 is 4.74 Å². The molecular weight excluding hydrogens is 292 g/mol. The average Bonchev–Trinajstić information content (AvgIpc) is 2.55. The largest absolute Gasteiger partial charge is 0.383 e. The number of rotatable bonds is 8. The van der Waals surface area contributed by atoms with E-state index in [0.29, 0.717) is 17.9 Å². The van der Waals surface area contributed by atoms with Gasteiger partial charge in [0.1, 0.15) is 0 Å². The second kappa shape index (κ2) is 9.03. The van der Waals surface area contributed by atoms with Crippen LogP contribution < -0.4 is 15.8 Å². The van der Waals surface area contributed by atoms with Crippen molar-refractivity contribution in [3.05, 3.63) is 22.7 Å². The van der Waals surface area contributed by atoms with Crippen LogP contribution in [0, 0.1) is 0 Å². The monoisotopic (exact) mass is 322 g/mol. The molecule has 1 fully saturated rings. The second-order valence-electron chi connectivity index (χ2n) is 6.41. The van der Waals surface area contributed by atoms with Crippen LogP contribution in [0.4, 0.5) is 5.82 Å². The lowest BCUT2D eigenvalue weighted by atomic mass is 10.0. The molecule has 6 heteroatoms. The molecule has 130 valence electrons. The number of nitrogens with zero attached hydrogens (tertiary/aromatic N) is 3. The zero-order valence-corrected chi connectivity index (χ0v) is 14.6. The quantitative estimate of drug-likeness (QED) is 0.787. The number of hydrogen-bond acceptors (Lipinski definition) is 5. The van der Waals surface area contributed by atoms with Crippen LogP contribution in [0.1, 0.15) is 39.0 Å². The van der Waals surface area contributed by atoms with E-state index in [1.807, 2.05) is 0 Å². The highest BCUT2D eigenvalue weighted by Crippen LogP contribution is 2.16. The van der Waals surface area contributed by atoms with Gasteiger partial charge in [-0.2, -0.15) is 0 Å². The molecule has 2 rings (SSSR count). The van der Waals surface area contributed by atoms with Gasteiger partial charge in [-0.25, -0.2) is 4.98 Å². The third kappa shape index (κ3) is 5.04. The summed E-state index contributed by atoms with van der Waals surface area (Å²) in [4.78, 5) is 18.7. The van der Waals surface area contributed by atoms with Crippen molar-refractivity contribution in [1.82, 2.24) is 14.9 Å². The van der Waals surface area contributed by atoms with Crippen LogP contribution in [0.5, 0.6) is 0 Å². The molecule has 0 spiro atoms. The smallest absolute Gasteiger partial charge is 0.293 e. The summed E-state index contributed by atoms with van der Waals surface area (Å²) in [5, 5.41) is 3.72. The van der Waals surface area contributed by atoms with Crippen LogP contribution >= 0.6 is 0 Å². The Balaban J connectivity index is 1.99. The first kappa shape index (κ1) is 17.9. The molecule has 0 aliphatic carbocycles. The predicted octanol–water partition coefficient (Wildman–Crippen LogP) is 1.54. The number of anilines is 1. The molecule has 0 amide bonds. The van der Waals surface area contributed by atoms with Gasteiger partial charge in [0.25, 0.3) is 5.56 Å². The third-order valence-electron chi connectivity index (χ3n) is 4.47. The van der Waals surface area contributed by atoms with Gasteiger partial charge in [-0.05, 0) is 19.3 Å². The maximum atomic E-state index is 12.3. The predicted molar refractivity (Wildman–Crippen MR) is 93.0 cm³/mol. The maximum Gasteiger partial charge on any atom is 0.293 e. The van der Waals surface area contributed by atoms with Crippen molar-refractivity contribution in [3.63, 3.8) is 0 Å². The Hall–Kier alpha value is -1.40. The van der Waals surface area contributed by atoms with Crippen LogP contribution in [-0.2, 0) is 11.8 Å². The van der Waals surface area contributed by atoms with Gasteiger partial charge in [0.05, 0.1) is 6.61 Å². The molecule has 0 bridgehead atoms. The molecule has 0 aromatic carbocycles. The molecule has 1 aromatic rings. The number of aromatic nitrogens is 2. The first-order valence-electron chi connectivity index (χ1n) is 8.67. The molecule has 2 atom stereocenters. The topological polar surface area (TPSA) is 59.4 Å². The van der Waals surface area contributed by atoms with E-state index < -0.39 is 0 Å². The molecule has 0 unspecified atom stereocenters. The molecule has 0 saturated carbocycles. The highest BCUT2D eigenvalue weighted by molar-refractivity contribution is 5.36. The van der Waals surface area contributed by atoms with Crippen LogP contribution in [-0.4, -0.2) is 48.4 Å². The van der Waals surface area contributed by atoms with Gasteiger partial charge in [-0.15, -0.1) is 0 Å². The van der Waals surface area contributed by atoms with E-state index in [1.54, 1.807) is 31.1 Å². The lowest BCUT2D eigenvalue weighted by Gasteiger charge is -2.35. The zero-order valence-electron chi connectivity index (χ0n) is 14.6. The van der Waals surface area contributed by atoms with Gasteiger partial charge in [-0.1, -0.05) is 19.8 Å². The Labute approximate surface area is 138 Å². The Kier molecular flexibility index (Phi) is 7.05. The lowest BCUT2D eigenvalue weighted by molar-refractivity contribution is 0.153. The number of hydrogen-bond donors (Lipinski definition) is 1. The number of aryl methyl sites for hydroxylation is 1. The minimum absolute atomic E-state index is 0.0208. The number of piperidine rings is 1. The molecule has 1 aliphatic rings. The standard InChI is InChI=1S/C17H30N4O2/c1-4-5-7-15(13-23-3)19-14-8-6-10-21(12-14)16-17(22)20(2)11-9-18-16/h9,11,14-15,19H,4-8,10,12-13H2,1-3H3/t14-,15+/m0/s1. The van der Waals surface area contributed by atoms with Crippen LogP contribution in [0.15, 0.2) is 17.2 Å². The van der Waals surface area contributed by atoms with E-state index in [4.69, 9.17) is 4.74 Å². The molecule has 1 saturated heterocycles. The fourth-order valence-electron chi connectivity index (χ4n) is 3.21. The van der Waals surface area contributed by atoms with Crippen LogP contribution in [0.25, 0.3) is 0 Å². The van der Waals surface area contributed by atoms with Crippen molar-refractivity contribution in [1.29, 1.82) is 0 Å². The highest BCUT2D eigenvalue weighted by atomic mass is 16.5. The summed E-state index contributed by atoms with van der Waals surface area (Å²) in [6, 6.07) is 0.768. The van der Waals surface area contributed by atoms with E-state index in [9.17, 15) is 4.79 Å². The number of nitrogens with one attached hydrogen (secondary N) is 1. The van der Waals surface area contributed by atoms with Crippen molar-refractivity contribution in [2.45, 2.75) is 51.1 Å². The van der Waals surface area contributed by atoms with Gasteiger partial charge in [-0.3, -0.25) is 4.79 Å². The first-order valence-corrected chi connectivity index (χ1v) is 8.67. The van der Waals surface area contributed by atoms with Crippen molar-refractivity contribution >= 4 is 5.82 Å². The Bertz CT molecular complexity index is 532. The first-order chi connectivity index (χ1) is 11.2. The summed E-state index contributed by atoms with van der Waals surface area (Å²) in [5.74, 6) is 0.568. The van der Waals surface area contributed by atoms with Gasteiger partial charge >= 0.3 is 0 Å². The van der Waals surface area contributed by atoms with Gasteiger partial charge in [0, 0.05) is 51.7 Å². The number of methoxy groups -OCH3 is 1. The van der Waals surface area contributed by atoms with Crippen molar-refractivity contribution in [3.8, 4) is 0 Å². The van der Waals surface area contributed by atoms with Gasteiger partial charge in [0.2, 0.25) is 0 Å². The minimum Gasteiger partial charge on any atom is -0.383 e. The van der Waals surface area contributed by atoms with E-state index >= 15 is 0 Å². The molecule has 0 radical (unpaired) electrons. The summed E-state index contributed by atoms with van der Waals surface area (Å²) < 4.78 is 6.94. The molecule has 6 nitrogen and oxygen atoms in total. The zero-order chi connectivity index (χ0) is 16.7. The number of unbranched alkanes of at least 4 members (excludes halogenated alkanes) is 1. The molecule has 2 heterocycles. The molecule has 1 aromatic heterocycles. The summed E-state index contributed by atoms with van der Waals surface area (Å²) in [6.45, 7) is 4.68. The Morgan fingerprint density at radius 3 is 3.09 bits per heavy atom. The van der Waals surface area contributed by atoms with Crippen molar-refractivity contribution in [2.24, 2.45) is 7.05 Å². The second-order valence-corrected chi connectivity index (χ2v) is 6.41. The maximum absolute atomic E-state index is 12.3. The lowest BCUT2D eigenvalue weighted by Crippen LogP contribution is -2.51. The van der Waals surface area contributed by atoms with Crippen LogP contribution in [0.2, 0.25) is 0 Å². The van der Waals surface area contributed by atoms with Gasteiger partial charge < -0.3 is 19.5 Å². The molecule has 1 N–H and O–H groups in total. The van der Waals surface area contributed by atoms with E-state index in [1.165, 1.54) is 12.8 Å². The van der Waals surface area contributed by atoms with E-state index in [-0.39, 0.29) is 5.56 Å². The summed E-state index contributed by atoms with van der Waals surface area (Å²) in [6.07, 6.45) is 9.14. The fourth-order valence-corrected chi connectivity index (χ4v) is 3.21. The van der Waals surface area contributed by atoms with Gasteiger partial charge in [0.15, 0.2) is 5.82 Å². The fraction of sp³-hybridized carbons (Fsp3) is 0.765. The molecule has 23 heavy (non-hydrogen) atoms. The normalized spacial score (nSPS) is 19.8. The third-order valence-corrected chi connectivity index (χ3v) is 4.47. The highest BCUT2D eigenvalue weighted by Gasteiger charge is 2.24. The molecule has 1 aliphatic heterocycles. The van der Waals surface area contributed by atoms with E-state index in [2.05, 4.69) is 22.1 Å². The molecular formula is C17H30N4O2. The summed E-state index contributed by atoms with van der Waals surface area (Å²) >= 11 is 0. The van der Waals surface area contributed by atoms with Crippen LogP contribution in [0.3, 0.4) is 0 Å². The average molecular weight is 322 g/mol. The van der Waals surface area contributed by atoms with Crippen molar-refractivity contribution in [2.75, 3.05) is 31.7 Å². The Morgan fingerprint density at radius 2 is 2.35 bits per heavy atom. The summed E-state index contributed by atoms with van der Waals surface area (Å²) in [5.41, 5.74) is -0.0208. The summed E-state index contributed by atoms with van der Waals surface area (Å²) in [7, 11) is 3.53. The van der Waals surface area contributed by atoms with E-state index in [0.717, 1.165) is 39.0 Å².